The highest BCUT2D eigenvalue weighted by Gasteiger charge is 2.35. The molecule has 2 nitrogen and oxygen atoms in total. The molecule has 4 heteroatoms. The number of nitriles is 1. The molecule has 0 spiro atoms. The van der Waals surface area contributed by atoms with Crippen LogP contribution in [-0.4, -0.2) is 13.8 Å². The normalized spacial score (nSPS) is 14.9. The summed E-state index contributed by atoms with van der Waals surface area (Å²) in [7, 11) is -2.00. The SMILES string of the molecule is CCc1ccc(C(C)(C#N)O[Si](C)(C)CCl)cc1. The summed E-state index contributed by atoms with van der Waals surface area (Å²) < 4.78 is 6.03. The van der Waals surface area contributed by atoms with Gasteiger partial charge in [0, 0.05) is 5.50 Å². The van der Waals surface area contributed by atoms with Gasteiger partial charge >= 0.3 is 0 Å². The lowest BCUT2D eigenvalue weighted by molar-refractivity contribution is 0.140. The topological polar surface area (TPSA) is 33.0 Å². The van der Waals surface area contributed by atoms with Gasteiger partial charge in [0.05, 0.1) is 0 Å². The van der Waals surface area contributed by atoms with Gasteiger partial charge in [-0.05, 0) is 37.6 Å². The molecule has 0 saturated carbocycles. The van der Waals surface area contributed by atoms with E-state index in [0.717, 1.165) is 12.0 Å². The lowest BCUT2D eigenvalue weighted by Crippen LogP contribution is -2.42. The average Bonchev–Trinajstić information content (AvgIpc) is 2.38. The maximum atomic E-state index is 9.43. The number of rotatable bonds is 5. The van der Waals surface area contributed by atoms with Gasteiger partial charge in [-0.25, -0.2) is 0 Å². The third-order valence-corrected chi connectivity index (χ3v) is 6.46. The van der Waals surface area contributed by atoms with E-state index in [0.29, 0.717) is 5.50 Å². The van der Waals surface area contributed by atoms with Crippen molar-refractivity contribution < 1.29 is 4.43 Å². The average molecular weight is 282 g/mol. The van der Waals surface area contributed by atoms with Crippen molar-refractivity contribution in [1.82, 2.24) is 0 Å². The zero-order chi connectivity index (χ0) is 13.8. The first-order chi connectivity index (χ1) is 8.37. The highest BCUT2D eigenvalue weighted by atomic mass is 35.5. The molecule has 0 aromatic heterocycles. The molecule has 0 aliphatic carbocycles. The Kier molecular flexibility index (Phi) is 4.98. The molecule has 1 unspecified atom stereocenters. The van der Waals surface area contributed by atoms with Crippen molar-refractivity contribution in [2.75, 3.05) is 5.50 Å². The maximum absolute atomic E-state index is 9.43. The molecular formula is C14H20ClNOSi. The smallest absolute Gasteiger partial charge is 0.203 e. The highest BCUT2D eigenvalue weighted by molar-refractivity contribution is 6.77. The van der Waals surface area contributed by atoms with Crippen molar-refractivity contribution in [2.24, 2.45) is 0 Å². The van der Waals surface area contributed by atoms with Crippen molar-refractivity contribution in [1.29, 1.82) is 5.26 Å². The summed E-state index contributed by atoms with van der Waals surface area (Å²) in [6, 6.07) is 10.3. The molecule has 0 aliphatic rings. The first-order valence-corrected chi connectivity index (χ1v) is 9.78. The van der Waals surface area contributed by atoms with Crippen molar-refractivity contribution in [3.63, 3.8) is 0 Å². The van der Waals surface area contributed by atoms with E-state index in [9.17, 15) is 5.26 Å². The number of hydrogen-bond acceptors (Lipinski definition) is 2. The highest BCUT2D eigenvalue weighted by Crippen LogP contribution is 2.29. The van der Waals surface area contributed by atoms with Crippen LogP contribution in [0.4, 0.5) is 0 Å². The van der Waals surface area contributed by atoms with Crippen LogP contribution in [0, 0.1) is 11.3 Å². The summed E-state index contributed by atoms with van der Waals surface area (Å²) in [5, 5.41) is 9.43. The van der Waals surface area contributed by atoms with Gasteiger partial charge in [0.2, 0.25) is 8.32 Å². The summed E-state index contributed by atoms with van der Waals surface area (Å²) in [5.74, 6) is 0. The van der Waals surface area contributed by atoms with E-state index < -0.39 is 13.9 Å². The minimum atomic E-state index is -2.00. The fourth-order valence-electron chi connectivity index (χ4n) is 1.78. The Morgan fingerprint density at radius 3 is 2.28 bits per heavy atom. The van der Waals surface area contributed by atoms with Crippen LogP contribution in [0.1, 0.15) is 25.0 Å². The summed E-state index contributed by atoms with van der Waals surface area (Å²) in [4.78, 5) is 0. The van der Waals surface area contributed by atoms with Gasteiger partial charge in [-0.3, -0.25) is 0 Å². The summed E-state index contributed by atoms with van der Waals surface area (Å²) in [5.41, 5.74) is 1.73. The molecule has 0 saturated heterocycles. The van der Waals surface area contributed by atoms with E-state index in [1.165, 1.54) is 5.56 Å². The fourth-order valence-corrected chi connectivity index (χ4v) is 3.27. The summed E-state index contributed by atoms with van der Waals surface area (Å²) >= 11 is 5.92. The molecule has 1 atom stereocenters. The molecule has 0 bridgehead atoms. The van der Waals surface area contributed by atoms with E-state index in [4.69, 9.17) is 16.0 Å². The Balaban J connectivity index is 3.04. The molecule has 1 aromatic rings. The molecule has 0 radical (unpaired) electrons. The van der Waals surface area contributed by atoms with Gasteiger partial charge in [-0.1, -0.05) is 31.2 Å². The Morgan fingerprint density at radius 2 is 1.89 bits per heavy atom. The number of aryl methyl sites for hydroxylation is 1. The molecule has 1 rings (SSSR count). The lowest BCUT2D eigenvalue weighted by Gasteiger charge is -2.32. The van der Waals surface area contributed by atoms with Crippen molar-refractivity contribution in [2.45, 2.75) is 39.0 Å². The van der Waals surface area contributed by atoms with Gasteiger partial charge in [-0.2, -0.15) is 5.26 Å². The molecule has 0 fully saturated rings. The predicted molar refractivity (Wildman–Crippen MR) is 78.1 cm³/mol. The largest absolute Gasteiger partial charge is 0.395 e. The Hall–Kier alpha value is -0.823. The monoisotopic (exact) mass is 281 g/mol. The van der Waals surface area contributed by atoms with Crippen LogP contribution in [0.25, 0.3) is 0 Å². The Morgan fingerprint density at radius 1 is 1.33 bits per heavy atom. The second kappa shape index (κ2) is 5.88. The maximum Gasteiger partial charge on any atom is 0.203 e. The number of benzene rings is 1. The second-order valence-electron chi connectivity index (χ2n) is 5.19. The fraction of sp³-hybridized carbons (Fsp3) is 0.500. The van der Waals surface area contributed by atoms with Gasteiger partial charge in [0.1, 0.15) is 6.07 Å². The van der Waals surface area contributed by atoms with Crippen LogP contribution in [0.3, 0.4) is 0 Å². The van der Waals surface area contributed by atoms with Gasteiger partial charge in [0.25, 0.3) is 0 Å². The zero-order valence-corrected chi connectivity index (χ0v) is 13.2. The molecule has 98 valence electrons. The third kappa shape index (κ3) is 3.58. The van der Waals surface area contributed by atoms with Crippen molar-refractivity contribution >= 4 is 19.9 Å². The Labute approximate surface area is 116 Å². The Bertz CT molecular complexity index is 438. The van der Waals surface area contributed by atoms with E-state index in [2.05, 4.69) is 13.0 Å². The number of alkyl halides is 1. The van der Waals surface area contributed by atoms with Crippen LogP contribution < -0.4 is 0 Å². The molecule has 0 N–H and O–H groups in total. The van der Waals surface area contributed by atoms with E-state index >= 15 is 0 Å². The zero-order valence-electron chi connectivity index (χ0n) is 11.5. The quantitative estimate of drug-likeness (QED) is 0.604. The second-order valence-corrected chi connectivity index (χ2v) is 9.98. The minimum Gasteiger partial charge on any atom is -0.395 e. The molecule has 0 heterocycles. The van der Waals surface area contributed by atoms with Crippen LogP contribution in [0.5, 0.6) is 0 Å². The van der Waals surface area contributed by atoms with Gasteiger partial charge in [0.15, 0.2) is 5.60 Å². The molecule has 0 amide bonds. The summed E-state index contributed by atoms with van der Waals surface area (Å²) in [6.07, 6.45) is 0.992. The molecule has 1 aromatic carbocycles. The minimum absolute atomic E-state index is 0.483. The van der Waals surface area contributed by atoms with E-state index in [1.807, 2.05) is 44.3 Å². The first-order valence-electron chi connectivity index (χ1n) is 6.13. The molecule has 0 aliphatic heterocycles. The number of halogens is 1. The van der Waals surface area contributed by atoms with Crippen LogP contribution >= 0.6 is 11.6 Å². The van der Waals surface area contributed by atoms with Gasteiger partial charge in [-0.15, -0.1) is 11.6 Å². The first kappa shape index (κ1) is 15.2. The van der Waals surface area contributed by atoms with E-state index in [-0.39, 0.29) is 0 Å². The van der Waals surface area contributed by atoms with Crippen molar-refractivity contribution in [3.05, 3.63) is 35.4 Å². The van der Waals surface area contributed by atoms with E-state index in [1.54, 1.807) is 0 Å². The lowest BCUT2D eigenvalue weighted by atomic mass is 9.96. The van der Waals surface area contributed by atoms with Gasteiger partial charge < -0.3 is 4.43 Å². The van der Waals surface area contributed by atoms with Crippen LogP contribution in [-0.2, 0) is 16.4 Å². The molecule has 18 heavy (non-hydrogen) atoms. The predicted octanol–water partition coefficient (Wildman–Crippen LogP) is 3.99. The number of hydrogen-bond donors (Lipinski definition) is 0. The standard InChI is InChI=1S/C14H20ClNOSi/c1-5-12-6-8-13(9-7-12)14(2,10-16)17-18(3,4)11-15/h6-9H,5,11H2,1-4H3. The third-order valence-electron chi connectivity index (χ3n) is 2.93. The number of nitrogens with zero attached hydrogens (tertiary/aromatic N) is 1. The summed E-state index contributed by atoms with van der Waals surface area (Å²) in [6.45, 7) is 7.97. The molecular weight excluding hydrogens is 262 g/mol. The van der Waals surface area contributed by atoms with Crippen LogP contribution in [0.15, 0.2) is 24.3 Å². The van der Waals surface area contributed by atoms with Crippen molar-refractivity contribution in [3.8, 4) is 6.07 Å². The van der Waals surface area contributed by atoms with Crippen LogP contribution in [0.2, 0.25) is 13.1 Å².